The SMILES string of the molecule is CCOc1ccc(=O)c2cc3ccccc3[nH]c1-2. The van der Waals surface area contributed by atoms with Crippen LogP contribution in [0.2, 0.25) is 0 Å². The predicted octanol–water partition coefficient (Wildman–Crippen LogP) is 3.03. The number of aromatic amines is 1. The van der Waals surface area contributed by atoms with E-state index in [1.807, 2.05) is 37.3 Å². The van der Waals surface area contributed by atoms with Gasteiger partial charge in [0.25, 0.3) is 0 Å². The Balaban J connectivity index is 2.40. The number of H-pyrrole nitrogens is 1. The molecule has 3 nitrogen and oxygen atoms in total. The zero-order chi connectivity index (χ0) is 12.5. The van der Waals surface area contributed by atoms with Gasteiger partial charge in [-0.1, -0.05) is 18.2 Å². The third-order valence-corrected chi connectivity index (χ3v) is 2.99. The highest BCUT2D eigenvalue weighted by molar-refractivity contribution is 5.86. The number of nitrogens with one attached hydrogen (secondary N) is 1. The van der Waals surface area contributed by atoms with Crippen LogP contribution in [0, 0.1) is 0 Å². The monoisotopic (exact) mass is 239 g/mol. The van der Waals surface area contributed by atoms with Gasteiger partial charge in [-0.05, 0) is 36.6 Å². The number of hydrogen-bond acceptors (Lipinski definition) is 2. The van der Waals surface area contributed by atoms with Crippen molar-refractivity contribution in [2.75, 3.05) is 6.61 Å². The van der Waals surface area contributed by atoms with E-state index in [9.17, 15) is 4.79 Å². The van der Waals surface area contributed by atoms with Crippen molar-refractivity contribution in [1.29, 1.82) is 0 Å². The molecule has 1 heterocycles. The second-order valence-corrected chi connectivity index (χ2v) is 4.14. The third-order valence-electron chi connectivity index (χ3n) is 2.99. The molecule has 0 saturated heterocycles. The summed E-state index contributed by atoms with van der Waals surface area (Å²) in [7, 11) is 0. The molecule has 0 aromatic heterocycles. The largest absolute Gasteiger partial charge is 0.492 e. The lowest BCUT2D eigenvalue weighted by Gasteiger charge is -2.12. The Morgan fingerprint density at radius 1 is 1.17 bits per heavy atom. The summed E-state index contributed by atoms with van der Waals surface area (Å²) in [5, 5.41) is 1.02. The van der Waals surface area contributed by atoms with Crippen molar-refractivity contribution in [1.82, 2.24) is 4.98 Å². The van der Waals surface area contributed by atoms with Crippen LogP contribution in [0.4, 0.5) is 0 Å². The first-order chi connectivity index (χ1) is 8.79. The molecule has 1 N–H and O–H groups in total. The smallest absolute Gasteiger partial charge is 0.188 e. The van der Waals surface area contributed by atoms with Gasteiger partial charge in [0.15, 0.2) is 5.43 Å². The fraction of sp³-hybridized carbons (Fsp3) is 0.133. The number of fused-ring (bicyclic) bond motifs is 2. The number of aromatic nitrogens is 1. The predicted molar refractivity (Wildman–Crippen MR) is 72.4 cm³/mol. The summed E-state index contributed by atoms with van der Waals surface area (Å²) < 4.78 is 5.55. The number of pyridine rings is 1. The first kappa shape index (κ1) is 10.8. The molecule has 0 spiro atoms. The lowest BCUT2D eigenvalue weighted by molar-refractivity contribution is 0.340. The van der Waals surface area contributed by atoms with Crippen LogP contribution in [0.25, 0.3) is 22.2 Å². The van der Waals surface area contributed by atoms with Crippen molar-refractivity contribution in [3.63, 3.8) is 0 Å². The Hall–Kier alpha value is -2.29. The Bertz CT molecular complexity index is 730. The Kier molecular flexibility index (Phi) is 2.52. The van der Waals surface area contributed by atoms with Gasteiger partial charge in [0, 0.05) is 11.1 Å². The van der Waals surface area contributed by atoms with Crippen molar-refractivity contribution in [2.24, 2.45) is 0 Å². The van der Waals surface area contributed by atoms with E-state index in [1.165, 1.54) is 0 Å². The van der Waals surface area contributed by atoms with E-state index < -0.39 is 0 Å². The van der Waals surface area contributed by atoms with Crippen LogP contribution in [-0.4, -0.2) is 11.6 Å². The van der Waals surface area contributed by atoms with Crippen molar-refractivity contribution in [3.05, 3.63) is 52.7 Å². The number of hydrogen-bond donors (Lipinski definition) is 1. The zero-order valence-corrected chi connectivity index (χ0v) is 10.1. The highest BCUT2D eigenvalue weighted by Crippen LogP contribution is 2.29. The van der Waals surface area contributed by atoms with Gasteiger partial charge in [-0.3, -0.25) is 4.79 Å². The lowest BCUT2D eigenvalue weighted by Crippen LogP contribution is -2.08. The summed E-state index contributed by atoms with van der Waals surface area (Å²) in [6.45, 7) is 2.51. The average molecular weight is 239 g/mol. The molecule has 1 aromatic rings. The van der Waals surface area contributed by atoms with Gasteiger partial charge in [-0.2, -0.15) is 0 Å². The standard InChI is InChI=1S/C15H13NO2/c1-2-18-14-8-7-13(17)11-9-10-5-3-4-6-12(10)16-15(11)14/h3-9,16H,2H2,1H3. The maximum Gasteiger partial charge on any atom is 0.188 e. The van der Waals surface area contributed by atoms with Gasteiger partial charge in [-0.25, -0.2) is 0 Å². The molecule has 0 unspecified atom stereocenters. The molecule has 0 bridgehead atoms. The van der Waals surface area contributed by atoms with Gasteiger partial charge < -0.3 is 9.72 Å². The molecular weight excluding hydrogens is 226 g/mol. The van der Waals surface area contributed by atoms with Gasteiger partial charge in [0.05, 0.1) is 12.3 Å². The molecule has 3 rings (SSSR count). The first-order valence-corrected chi connectivity index (χ1v) is 5.97. The molecule has 1 aromatic carbocycles. The fourth-order valence-corrected chi connectivity index (χ4v) is 2.16. The molecule has 1 aliphatic carbocycles. The van der Waals surface area contributed by atoms with Crippen molar-refractivity contribution in [2.45, 2.75) is 6.92 Å². The molecule has 1 aliphatic heterocycles. The van der Waals surface area contributed by atoms with E-state index in [0.29, 0.717) is 12.2 Å². The Labute approximate surface area is 104 Å². The molecule has 18 heavy (non-hydrogen) atoms. The van der Waals surface area contributed by atoms with E-state index in [0.717, 1.165) is 22.3 Å². The lowest BCUT2D eigenvalue weighted by atomic mass is 10.0. The van der Waals surface area contributed by atoms with Gasteiger partial charge in [0.1, 0.15) is 5.75 Å². The van der Waals surface area contributed by atoms with E-state index >= 15 is 0 Å². The highest BCUT2D eigenvalue weighted by Gasteiger charge is 2.13. The summed E-state index contributed by atoms with van der Waals surface area (Å²) in [6.07, 6.45) is 0. The number of rotatable bonds is 2. The van der Waals surface area contributed by atoms with Gasteiger partial charge in [0.2, 0.25) is 0 Å². The van der Waals surface area contributed by atoms with Gasteiger partial charge in [-0.15, -0.1) is 0 Å². The molecule has 0 atom stereocenters. The molecule has 3 heteroatoms. The first-order valence-electron chi connectivity index (χ1n) is 5.97. The van der Waals surface area contributed by atoms with E-state index in [1.54, 1.807) is 12.1 Å². The summed E-state index contributed by atoms with van der Waals surface area (Å²) in [4.78, 5) is 15.2. The molecule has 0 amide bonds. The number of benzene rings is 2. The minimum absolute atomic E-state index is 0.00968. The highest BCUT2D eigenvalue weighted by atomic mass is 16.5. The number of para-hydroxylation sites is 1. The second-order valence-electron chi connectivity index (χ2n) is 4.14. The van der Waals surface area contributed by atoms with Crippen LogP contribution in [0.3, 0.4) is 0 Å². The van der Waals surface area contributed by atoms with Crippen LogP contribution >= 0.6 is 0 Å². The molecular formula is C15H13NO2. The van der Waals surface area contributed by atoms with E-state index in [4.69, 9.17) is 4.74 Å². The van der Waals surface area contributed by atoms with Crippen LogP contribution in [0.5, 0.6) is 5.75 Å². The summed E-state index contributed by atoms with van der Waals surface area (Å²) in [5.41, 5.74) is 2.44. The van der Waals surface area contributed by atoms with E-state index in [-0.39, 0.29) is 5.43 Å². The summed E-state index contributed by atoms with van der Waals surface area (Å²) in [5.74, 6) is 0.720. The van der Waals surface area contributed by atoms with Crippen molar-refractivity contribution in [3.8, 4) is 17.0 Å². The van der Waals surface area contributed by atoms with Crippen LogP contribution in [-0.2, 0) is 0 Å². The minimum Gasteiger partial charge on any atom is -0.492 e. The Morgan fingerprint density at radius 2 is 2.00 bits per heavy atom. The molecule has 0 saturated carbocycles. The summed E-state index contributed by atoms with van der Waals surface area (Å²) >= 11 is 0. The topological polar surface area (TPSA) is 42.1 Å². The van der Waals surface area contributed by atoms with Crippen LogP contribution in [0.1, 0.15) is 6.92 Å². The minimum atomic E-state index is 0.00968. The molecule has 2 aliphatic rings. The summed E-state index contributed by atoms with van der Waals surface area (Å²) in [6, 6.07) is 13.1. The van der Waals surface area contributed by atoms with Crippen LogP contribution < -0.4 is 10.2 Å². The zero-order valence-electron chi connectivity index (χ0n) is 10.1. The van der Waals surface area contributed by atoms with Gasteiger partial charge >= 0.3 is 0 Å². The fourth-order valence-electron chi connectivity index (χ4n) is 2.16. The van der Waals surface area contributed by atoms with Crippen molar-refractivity contribution >= 4 is 10.9 Å². The van der Waals surface area contributed by atoms with E-state index in [2.05, 4.69) is 4.98 Å². The maximum atomic E-state index is 11.9. The Morgan fingerprint density at radius 3 is 2.83 bits per heavy atom. The maximum absolute atomic E-state index is 11.9. The normalized spacial score (nSPS) is 10.9. The van der Waals surface area contributed by atoms with Crippen molar-refractivity contribution < 1.29 is 4.74 Å². The number of ether oxygens (including phenoxy) is 1. The average Bonchev–Trinajstić information content (AvgIpc) is 2.41. The van der Waals surface area contributed by atoms with Crippen LogP contribution in [0.15, 0.2) is 47.3 Å². The second kappa shape index (κ2) is 4.18. The molecule has 0 fully saturated rings. The third kappa shape index (κ3) is 1.64. The molecule has 0 radical (unpaired) electrons. The quantitative estimate of drug-likeness (QED) is 0.698. The molecule has 90 valence electrons.